The summed E-state index contributed by atoms with van der Waals surface area (Å²) in [5.74, 6) is 0.574. The van der Waals surface area contributed by atoms with Crippen molar-refractivity contribution in [2.24, 2.45) is 5.73 Å². The van der Waals surface area contributed by atoms with Gasteiger partial charge in [-0.05, 0) is 36.8 Å². The van der Waals surface area contributed by atoms with E-state index >= 15 is 0 Å². The van der Waals surface area contributed by atoms with Crippen LogP contribution in [0.1, 0.15) is 16.8 Å². The third-order valence-corrected chi connectivity index (χ3v) is 3.15. The molecule has 0 saturated heterocycles. The molecule has 0 spiro atoms. The number of ether oxygens (including phenoxy) is 1. The first kappa shape index (κ1) is 13.8. The summed E-state index contributed by atoms with van der Waals surface area (Å²) in [5, 5.41) is 0.577. The van der Waals surface area contributed by atoms with Crippen LogP contribution in [0.5, 0.6) is 5.75 Å². The minimum atomic E-state index is 0.282. The predicted molar refractivity (Wildman–Crippen MR) is 80.6 cm³/mol. The van der Waals surface area contributed by atoms with Crippen LogP contribution >= 0.6 is 23.8 Å². The second kappa shape index (κ2) is 5.99. The molecular formula is C14H13ClN2OS. The summed E-state index contributed by atoms with van der Waals surface area (Å²) in [6.07, 6.45) is 1.73. The zero-order valence-electron chi connectivity index (χ0n) is 10.4. The van der Waals surface area contributed by atoms with Gasteiger partial charge in [-0.1, -0.05) is 29.9 Å². The highest BCUT2D eigenvalue weighted by Gasteiger charge is 2.08. The number of rotatable bonds is 4. The second-order valence-electron chi connectivity index (χ2n) is 4.06. The first-order chi connectivity index (χ1) is 9.08. The number of nitrogens with two attached hydrogens (primary N) is 1. The number of hydrogen-bond donors (Lipinski definition) is 1. The molecule has 0 aliphatic carbocycles. The molecule has 98 valence electrons. The summed E-state index contributed by atoms with van der Waals surface area (Å²) in [7, 11) is 0. The number of hydrogen-bond acceptors (Lipinski definition) is 3. The molecule has 1 aromatic heterocycles. The lowest BCUT2D eigenvalue weighted by Crippen LogP contribution is -2.12. The molecule has 0 aliphatic rings. The van der Waals surface area contributed by atoms with Crippen LogP contribution in [0.3, 0.4) is 0 Å². The molecular weight excluding hydrogens is 280 g/mol. The molecule has 0 unspecified atom stereocenters. The van der Waals surface area contributed by atoms with Gasteiger partial charge in [-0.15, -0.1) is 0 Å². The number of benzene rings is 1. The number of aryl methyl sites for hydroxylation is 1. The highest BCUT2D eigenvalue weighted by atomic mass is 35.5. The van der Waals surface area contributed by atoms with Gasteiger partial charge in [0.15, 0.2) is 0 Å². The Morgan fingerprint density at radius 2 is 2.21 bits per heavy atom. The lowest BCUT2D eigenvalue weighted by atomic mass is 10.2. The molecule has 0 aliphatic heterocycles. The Morgan fingerprint density at radius 1 is 1.42 bits per heavy atom. The minimum Gasteiger partial charge on any atom is -0.486 e. The average molecular weight is 293 g/mol. The highest BCUT2D eigenvalue weighted by Crippen LogP contribution is 2.24. The van der Waals surface area contributed by atoms with Crippen molar-refractivity contribution in [3.8, 4) is 5.75 Å². The fourth-order valence-electron chi connectivity index (χ4n) is 1.63. The van der Waals surface area contributed by atoms with E-state index in [0.29, 0.717) is 22.9 Å². The molecule has 5 heteroatoms. The van der Waals surface area contributed by atoms with Gasteiger partial charge in [0.2, 0.25) is 0 Å². The molecule has 19 heavy (non-hydrogen) atoms. The smallest absolute Gasteiger partial charge is 0.131 e. The summed E-state index contributed by atoms with van der Waals surface area (Å²) in [6, 6.07) is 9.06. The van der Waals surface area contributed by atoms with E-state index in [1.54, 1.807) is 24.4 Å². The van der Waals surface area contributed by atoms with Gasteiger partial charge in [-0.25, -0.2) is 0 Å². The number of halogens is 1. The Morgan fingerprint density at radius 3 is 2.89 bits per heavy atom. The van der Waals surface area contributed by atoms with Crippen LogP contribution in [0.4, 0.5) is 0 Å². The third kappa shape index (κ3) is 3.43. The van der Waals surface area contributed by atoms with Gasteiger partial charge in [0.25, 0.3) is 0 Å². The maximum atomic E-state index is 5.95. The van der Waals surface area contributed by atoms with Crippen molar-refractivity contribution in [2.75, 3.05) is 0 Å². The Kier molecular flexibility index (Phi) is 4.35. The zero-order chi connectivity index (χ0) is 13.8. The van der Waals surface area contributed by atoms with E-state index in [4.69, 9.17) is 34.3 Å². The van der Waals surface area contributed by atoms with E-state index in [1.165, 1.54) is 0 Å². The minimum absolute atomic E-state index is 0.282. The van der Waals surface area contributed by atoms with Gasteiger partial charge in [-0.3, -0.25) is 4.98 Å². The molecule has 0 atom stereocenters. The normalized spacial score (nSPS) is 10.2. The number of thiocarbonyl (C=S) groups is 1. The van der Waals surface area contributed by atoms with E-state index in [9.17, 15) is 0 Å². The van der Waals surface area contributed by atoms with Crippen molar-refractivity contribution >= 4 is 28.8 Å². The molecule has 1 heterocycles. The van der Waals surface area contributed by atoms with Crippen molar-refractivity contribution in [3.05, 3.63) is 58.4 Å². The molecule has 1 aromatic carbocycles. The van der Waals surface area contributed by atoms with Crippen molar-refractivity contribution in [2.45, 2.75) is 13.5 Å². The fraction of sp³-hybridized carbons (Fsp3) is 0.143. The predicted octanol–water partition coefficient (Wildman–Crippen LogP) is 3.26. The first-order valence-corrected chi connectivity index (χ1v) is 6.49. The molecule has 0 fully saturated rings. The van der Waals surface area contributed by atoms with Crippen LogP contribution in [0, 0.1) is 6.92 Å². The maximum absolute atomic E-state index is 5.95. The van der Waals surface area contributed by atoms with Crippen molar-refractivity contribution in [1.29, 1.82) is 0 Å². The van der Waals surface area contributed by atoms with Gasteiger partial charge >= 0.3 is 0 Å². The monoisotopic (exact) mass is 292 g/mol. The Bertz CT molecular complexity index is 616. The summed E-state index contributed by atoms with van der Waals surface area (Å²) < 4.78 is 5.73. The second-order valence-corrected chi connectivity index (χ2v) is 4.94. The largest absolute Gasteiger partial charge is 0.486 e. The molecule has 0 saturated carbocycles. The first-order valence-electron chi connectivity index (χ1n) is 5.70. The number of aromatic nitrogens is 1. The lowest BCUT2D eigenvalue weighted by Gasteiger charge is -2.11. The van der Waals surface area contributed by atoms with E-state index in [1.807, 2.05) is 19.1 Å². The van der Waals surface area contributed by atoms with Crippen LogP contribution in [0.25, 0.3) is 0 Å². The van der Waals surface area contributed by atoms with Crippen LogP contribution in [-0.2, 0) is 6.61 Å². The van der Waals surface area contributed by atoms with Crippen LogP contribution in [0.15, 0.2) is 36.5 Å². The van der Waals surface area contributed by atoms with Gasteiger partial charge in [-0.2, -0.15) is 0 Å². The molecule has 3 nitrogen and oxygen atoms in total. The summed E-state index contributed by atoms with van der Waals surface area (Å²) in [6.45, 7) is 2.33. The Balaban J connectivity index is 2.22. The Labute approximate surface area is 122 Å². The van der Waals surface area contributed by atoms with E-state index in [2.05, 4.69) is 4.98 Å². The van der Waals surface area contributed by atoms with Gasteiger partial charge < -0.3 is 10.5 Å². The van der Waals surface area contributed by atoms with Crippen molar-refractivity contribution in [1.82, 2.24) is 4.98 Å². The molecule has 0 amide bonds. The molecule has 0 radical (unpaired) electrons. The lowest BCUT2D eigenvalue weighted by molar-refractivity contribution is 0.300. The quantitative estimate of drug-likeness (QED) is 0.879. The summed E-state index contributed by atoms with van der Waals surface area (Å²) in [4.78, 5) is 4.55. The number of nitrogens with zero attached hydrogens (tertiary/aromatic N) is 1. The van der Waals surface area contributed by atoms with Crippen LogP contribution in [0.2, 0.25) is 5.02 Å². The standard InChI is InChI=1S/C14H13ClN2OS/c1-9-3-2-6-17-12(9)8-18-13-7-10(15)4-5-11(13)14(16)19/h2-7H,8H2,1H3,(H2,16,19). The van der Waals surface area contributed by atoms with Crippen LogP contribution in [-0.4, -0.2) is 9.97 Å². The highest BCUT2D eigenvalue weighted by molar-refractivity contribution is 7.80. The van der Waals surface area contributed by atoms with E-state index in [0.717, 1.165) is 11.3 Å². The van der Waals surface area contributed by atoms with E-state index < -0.39 is 0 Å². The molecule has 2 aromatic rings. The van der Waals surface area contributed by atoms with Gasteiger partial charge in [0.05, 0.1) is 11.3 Å². The van der Waals surface area contributed by atoms with E-state index in [-0.39, 0.29) is 4.99 Å². The SMILES string of the molecule is Cc1cccnc1COc1cc(Cl)ccc1C(N)=S. The zero-order valence-corrected chi connectivity index (χ0v) is 12.0. The van der Waals surface area contributed by atoms with Crippen molar-refractivity contribution in [3.63, 3.8) is 0 Å². The molecule has 2 rings (SSSR count). The van der Waals surface area contributed by atoms with Crippen LogP contribution < -0.4 is 10.5 Å². The molecule has 0 bridgehead atoms. The van der Waals surface area contributed by atoms with Crippen molar-refractivity contribution < 1.29 is 4.74 Å². The fourth-order valence-corrected chi connectivity index (χ4v) is 1.97. The number of pyridine rings is 1. The Hall–Kier alpha value is -1.65. The van der Waals surface area contributed by atoms with Gasteiger partial charge in [0, 0.05) is 11.2 Å². The maximum Gasteiger partial charge on any atom is 0.131 e. The summed E-state index contributed by atoms with van der Waals surface area (Å²) >= 11 is 10.9. The average Bonchev–Trinajstić information content (AvgIpc) is 2.37. The third-order valence-electron chi connectivity index (χ3n) is 2.69. The van der Waals surface area contributed by atoms with Gasteiger partial charge in [0.1, 0.15) is 17.3 Å². The topological polar surface area (TPSA) is 48.1 Å². The summed E-state index contributed by atoms with van der Waals surface area (Å²) in [5.41, 5.74) is 8.27. The molecule has 2 N–H and O–H groups in total.